The Kier molecular flexibility index (Phi) is 1.78. The van der Waals surface area contributed by atoms with Gasteiger partial charge in [-0.1, -0.05) is 0 Å². The maximum atomic E-state index is 12.0. The van der Waals surface area contributed by atoms with Gasteiger partial charge in [0.25, 0.3) is 0 Å². The standard InChI is InChI=1S/C7H7F3N2O/c8-7(9,10)5-1-4(2-5)6-12-11-3-13-6/h3-5H,1-2H2. The van der Waals surface area contributed by atoms with E-state index in [1.165, 1.54) is 0 Å². The summed E-state index contributed by atoms with van der Waals surface area (Å²) >= 11 is 0. The maximum Gasteiger partial charge on any atom is 0.391 e. The Bertz CT molecular complexity index is 276. The van der Waals surface area contributed by atoms with Crippen LogP contribution in [0.5, 0.6) is 0 Å². The summed E-state index contributed by atoms with van der Waals surface area (Å²) in [4.78, 5) is 0. The van der Waals surface area contributed by atoms with E-state index < -0.39 is 12.1 Å². The number of alkyl halides is 3. The van der Waals surface area contributed by atoms with Gasteiger partial charge < -0.3 is 4.42 Å². The van der Waals surface area contributed by atoms with Gasteiger partial charge in [-0.2, -0.15) is 13.2 Å². The highest BCUT2D eigenvalue weighted by Gasteiger charge is 2.49. The Hall–Kier alpha value is -1.07. The molecule has 0 atom stereocenters. The van der Waals surface area contributed by atoms with Crippen molar-refractivity contribution in [2.45, 2.75) is 24.9 Å². The van der Waals surface area contributed by atoms with Gasteiger partial charge in [0.2, 0.25) is 12.3 Å². The second-order valence-electron chi connectivity index (χ2n) is 3.18. The highest BCUT2D eigenvalue weighted by atomic mass is 19.4. The van der Waals surface area contributed by atoms with Crippen LogP contribution in [0.3, 0.4) is 0 Å². The lowest BCUT2D eigenvalue weighted by Crippen LogP contribution is -2.34. The van der Waals surface area contributed by atoms with Crippen molar-refractivity contribution >= 4 is 0 Å². The summed E-state index contributed by atoms with van der Waals surface area (Å²) in [7, 11) is 0. The minimum absolute atomic E-state index is 0.0751. The fourth-order valence-electron chi connectivity index (χ4n) is 1.45. The van der Waals surface area contributed by atoms with Gasteiger partial charge >= 0.3 is 6.18 Å². The second kappa shape index (κ2) is 2.71. The van der Waals surface area contributed by atoms with Gasteiger partial charge in [-0.3, -0.25) is 0 Å². The molecular formula is C7H7F3N2O. The van der Waals surface area contributed by atoms with Crippen LogP contribution in [0.25, 0.3) is 0 Å². The molecule has 1 aliphatic rings. The fraction of sp³-hybridized carbons (Fsp3) is 0.714. The van der Waals surface area contributed by atoms with Crippen LogP contribution in [0.4, 0.5) is 13.2 Å². The molecule has 0 bridgehead atoms. The second-order valence-corrected chi connectivity index (χ2v) is 3.18. The lowest BCUT2D eigenvalue weighted by Gasteiger charge is -2.34. The molecule has 3 nitrogen and oxygen atoms in total. The van der Waals surface area contributed by atoms with Crippen molar-refractivity contribution in [3.05, 3.63) is 12.3 Å². The van der Waals surface area contributed by atoms with Gasteiger partial charge in [-0.05, 0) is 12.8 Å². The van der Waals surface area contributed by atoms with E-state index in [0.29, 0.717) is 5.89 Å². The van der Waals surface area contributed by atoms with Gasteiger partial charge in [-0.15, -0.1) is 10.2 Å². The van der Waals surface area contributed by atoms with Gasteiger partial charge in [0, 0.05) is 5.92 Å². The van der Waals surface area contributed by atoms with Crippen LogP contribution in [0.1, 0.15) is 24.7 Å². The van der Waals surface area contributed by atoms with Crippen molar-refractivity contribution in [1.82, 2.24) is 10.2 Å². The Balaban J connectivity index is 1.93. The lowest BCUT2D eigenvalue weighted by molar-refractivity contribution is -0.198. The van der Waals surface area contributed by atoms with Crippen LogP contribution in [0.2, 0.25) is 0 Å². The SMILES string of the molecule is FC(F)(F)C1CC(c2nnco2)C1. The number of nitrogens with zero attached hydrogens (tertiary/aromatic N) is 2. The predicted molar refractivity (Wildman–Crippen MR) is 35.8 cm³/mol. The van der Waals surface area contributed by atoms with Crippen LogP contribution in [-0.2, 0) is 0 Å². The first-order valence-electron chi connectivity index (χ1n) is 3.90. The Labute approximate surface area is 71.9 Å². The van der Waals surface area contributed by atoms with Gasteiger partial charge in [0.15, 0.2) is 0 Å². The van der Waals surface area contributed by atoms with Crippen LogP contribution in [0.15, 0.2) is 10.8 Å². The largest absolute Gasteiger partial charge is 0.428 e. The zero-order chi connectivity index (χ0) is 9.47. The molecule has 1 aromatic rings. The smallest absolute Gasteiger partial charge is 0.391 e. The molecule has 0 spiro atoms. The van der Waals surface area contributed by atoms with E-state index >= 15 is 0 Å². The number of hydrogen-bond acceptors (Lipinski definition) is 3. The highest BCUT2D eigenvalue weighted by molar-refractivity contribution is 4.99. The van der Waals surface area contributed by atoms with Crippen molar-refractivity contribution in [2.75, 3.05) is 0 Å². The molecule has 0 amide bonds. The molecule has 0 unspecified atom stereocenters. The van der Waals surface area contributed by atoms with Crippen LogP contribution >= 0.6 is 0 Å². The van der Waals surface area contributed by atoms with Gasteiger partial charge in [0.1, 0.15) is 0 Å². The third-order valence-corrected chi connectivity index (χ3v) is 2.33. The molecular weight excluding hydrogens is 185 g/mol. The van der Waals surface area contributed by atoms with Crippen molar-refractivity contribution < 1.29 is 17.6 Å². The molecule has 72 valence electrons. The molecule has 1 aromatic heterocycles. The molecule has 2 rings (SSSR count). The Morgan fingerprint density at radius 3 is 2.54 bits per heavy atom. The van der Waals surface area contributed by atoms with Crippen molar-refractivity contribution in [3.63, 3.8) is 0 Å². The zero-order valence-electron chi connectivity index (χ0n) is 6.58. The minimum atomic E-state index is -4.07. The molecule has 1 heterocycles. The van der Waals surface area contributed by atoms with Crippen LogP contribution in [-0.4, -0.2) is 16.4 Å². The molecule has 1 fully saturated rings. The van der Waals surface area contributed by atoms with Crippen LogP contribution in [0, 0.1) is 5.92 Å². The molecule has 6 heteroatoms. The van der Waals surface area contributed by atoms with Gasteiger partial charge in [-0.25, -0.2) is 0 Å². The molecule has 0 radical (unpaired) electrons. The van der Waals surface area contributed by atoms with Gasteiger partial charge in [0.05, 0.1) is 5.92 Å². The summed E-state index contributed by atoms with van der Waals surface area (Å²) in [6.07, 6.45) is -2.79. The van der Waals surface area contributed by atoms with E-state index in [0.717, 1.165) is 6.39 Å². The monoisotopic (exact) mass is 192 g/mol. The van der Waals surface area contributed by atoms with Crippen molar-refractivity contribution in [2.24, 2.45) is 5.92 Å². The predicted octanol–water partition coefficient (Wildman–Crippen LogP) is 2.13. The number of rotatable bonds is 1. The highest BCUT2D eigenvalue weighted by Crippen LogP contribution is 2.48. The summed E-state index contributed by atoms with van der Waals surface area (Å²) in [6.45, 7) is 0. The topological polar surface area (TPSA) is 38.9 Å². The molecule has 1 saturated carbocycles. The number of aromatic nitrogens is 2. The maximum absolute atomic E-state index is 12.0. The summed E-state index contributed by atoms with van der Waals surface area (Å²) in [5, 5.41) is 6.99. The molecule has 0 saturated heterocycles. The van der Waals surface area contributed by atoms with Crippen molar-refractivity contribution in [3.8, 4) is 0 Å². The third-order valence-electron chi connectivity index (χ3n) is 2.33. The first-order chi connectivity index (χ1) is 6.07. The van der Waals surface area contributed by atoms with Crippen LogP contribution < -0.4 is 0 Å². The summed E-state index contributed by atoms with van der Waals surface area (Å²) in [5.41, 5.74) is 0. The molecule has 0 N–H and O–H groups in total. The van der Waals surface area contributed by atoms with E-state index in [9.17, 15) is 13.2 Å². The lowest BCUT2D eigenvalue weighted by atomic mass is 9.74. The molecule has 1 aliphatic carbocycles. The third kappa shape index (κ3) is 1.52. The van der Waals surface area contributed by atoms with E-state index in [2.05, 4.69) is 10.2 Å². The van der Waals surface area contributed by atoms with E-state index in [4.69, 9.17) is 4.42 Å². The molecule has 13 heavy (non-hydrogen) atoms. The quantitative estimate of drug-likeness (QED) is 0.684. The average Bonchev–Trinajstić information content (AvgIpc) is 2.31. The molecule has 0 aliphatic heterocycles. The van der Waals surface area contributed by atoms with E-state index in [1.54, 1.807) is 0 Å². The molecule has 0 aromatic carbocycles. The zero-order valence-corrected chi connectivity index (χ0v) is 6.58. The average molecular weight is 192 g/mol. The normalized spacial score (nSPS) is 28.5. The number of halogens is 3. The fourth-order valence-corrected chi connectivity index (χ4v) is 1.45. The number of hydrogen-bond donors (Lipinski definition) is 0. The van der Waals surface area contributed by atoms with Crippen molar-refractivity contribution in [1.29, 1.82) is 0 Å². The van der Waals surface area contributed by atoms with E-state index in [-0.39, 0.29) is 18.8 Å². The Morgan fingerprint density at radius 1 is 1.38 bits per heavy atom. The summed E-state index contributed by atoms with van der Waals surface area (Å²) < 4.78 is 41.0. The minimum Gasteiger partial charge on any atom is -0.428 e. The summed E-state index contributed by atoms with van der Waals surface area (Å²) in [5.74, 6) is -1.07. The van der Waals surface area contributed by atoms with E-state index in [1.807, 2.05) is 0 Å². The first kappa shape index (κ1) is 8.52. The first-order valence-corrected chi connectivity index (χ1v) is 3.90. The summed E-state index contributed by atoms with van der Waals surface area (Å²) in [6, 6.07) is 0. The Morgan fingerprint density at radius 2 is 2.08 bits per heavy atom.